The first-order chi connectivity index (χ1) is 10.00. The number of fused-ring (bicyclic) bond motifs is 1. The van der Waals surface area contributed by atoms with E-state index in [9.17, 15) is 4.79 Å². The highest BCUT2D eigenvalue weighted by atomic mass is 79.9. The van der Waals surface area contributed by atoms with Crippen LogP contribution in [0.1, 0.15) is 24.2 Å². The van der Waals surface area contributed by atoms with Crippen molar-refractivity contribution in [1.82, 2.24) is 0 Å². The van der Waals surface area contributed by atoms with Crippen molar-refractivity contribution in [2.45, 2.75) is 37.9 Å². The maximum atomic E-state index is 12.2. The first kappa shape index (κ1) is 14.8. The van der Waals surface area contributed by atoms with Gasteiger partial charge < -0.3 is 14.2 Å². The van der Waals surface area contributed by atoms with Gasteiger partial charge >= 0.3 is 5.97 Å². The van der Waals surface area contributed by atoms with E-state index in [2.05, 4.69) is 15.9 Å². The van der Waals surface area contributed by atoms with Crippen molar-refractivity contribution in [2.75, 3.05) is 5.33 Å². The Morgan fingerprint density at radius 2 is 2.00 bits per heavy atom. The minimum atomic E-state index is -0.658. The molecule has 3 rings (SSSR count). The zero-order chi connectivity index (χ0) is 15.0. The highest BCUT2D eigenvalue weighted by molar-refractivity contribution is 9.09. The van der Waals surface area contributed by atoms with E-state index in [4.69, 9.17) is 14.2 Å². The monoisotopic (exact) mass is 352 g/mol. The molecule has 0 radical (unpaired) electrons. The predicted molar refractivity (Wildman–Crippen MR) is 81.3 cm³/mol. The van der Waals surface area contributed by atoms with Crippen LogP contribution in [0.2, 0.25) is 0 Å². The summed E-state index contributed by atoms with van der Waals surface area (Å²) in [5, 5.41) is 0.674. The second-order valence-corrected chi connectivity index (χ2v) is 6.19. The van der Waals surface area contributed by atoms with Crippen LogP contribution in [0.15, 0.2) is 42.0 Å². The van der Waals surface area contributed by atoms with E-state index in [1.54, 1.807) is 12.1 Å². The van der Waals surface area contributed by atoms with Crippen LogP contribution >= 0.6 is 15.9 Å². The molecule has 0 bridgehead atoms. The van der Waals surface area contributed by atoms with Crippen molar-refractivity contribution in [2.24, 2.45) is 0 Å². The molecule has 1 aliphatic carbocycles. The molecule has 0 amide bonds. The standard InChI is InChI=1S/C16H17BrO4/c1-16(2)20-13-11(9-17)8-12(14(13)21-16)19-15(18)10-6-4-3-5-7-10/h3-8,12-14H,9H2,1-2H3/t12-,13+,14-/m0/s1. The maximum absolute atomic E-state index is 12.2. The van der Waals surface area contributed by atoms with E-state index in [-0.39, 0.29) is 18.2 Å². The molecule has 1 aromatic carbocycles. The molecule has 0 spiro atoms. The van der Waals surface area contributed by atoms with Crippen LogP contribution in [0.4, 0.5) is 0 Å². The third-order valence-electron chi connectivity index (χ3n) is 3.60. The fourth-order valence-electron chi connectivity index (χ4n) is 2.70. The van der Waals surface area contributed by atoms with Crippen LogP contribution in [0.3, 0.4) is 0 Å². The number of carbonyl (C=O) groups is 1. The molecular formula is C16H17BrO4. The summed E-state index contributed by atoms with van der Waals surface area (Å²) < 4.78 is 17.4. The van der Waals surface area contributed by atoms with Gasteiger partial charge in [0.1, 0.15) is 18.3 Å². The Labute approximate surface area is 132 Å². The topological polar surface area (TPSA) is 44.8 Å². The van der Waals surface area contributed by atoms with Crippen LogP contribution < -0.4 is 0 Å². The number of hydrogen-bond acceptors (Lipinski definition) is 4. The summed E-state index contributed by atoms with van der Waals surface area (Å²) in [4.78, 5) is 12.2. The van der Waals surface area contributed by atoms with Gasteiger partial charge in [-0.05, 0) is 37.6 Å². The van der Waals surface area contributed by atoms with Gasteiger partial charge in [-0.1, -0.05) is 34.1 Å². The number of esters is 1. The molecule has 1 saturated heterocycles. The minimum Gasteiger partial charge on any atom is -0.452 e. The number of carbonyl (C=O) groups excluding carboxylic acids is 1. The normalized spacial score (nSPS) is 29.9. The number of rotatable bonds is 3. The van der Waals surface area contributed by atoms with E-state index < -0.39 is 11.9 Å². The lowest BCUT2D eigenvalue weighted by molar-refractivity contribution is -0.153. The zero-order valence-electron chi connectivity index (χ0n) is 11.9. The van der Waals surface area contributed by atoms with Gasteiger partial charge in [-0.3, -0.25) is 0 Å². The summed E-state index contributed by atoms with van der Waals surface area (Å²) in [5.74, 6) is -1.01. The van der Waals surface area contributed by atoms with Crippen LogP contribution in [0.25, 0.3) is 0 Å². The van der Waals surface area contributed by atoms with Crippen molar-refractivity contribution < 1.29 is 19.0 Å². The fourth-order valence-corrected chi connectivity index (χ4v) is 3.21. The van der Waals surface area contributed by atoms with Crippen molar-refractivity contribution >= 4 is 21.9 Å². The second kappa shape index (κ2) is 5.55. The lowest BCUT2D eigenvalue weighted by Gasteiger charge is -2.21. The highest BCUT2D eigenvalue weighted by Gasteiger charge is 2.51. The molecule has 1 fully saturated rings. The van der Waals surface area contributed by atoms with E-state index in [1.807, 2.05) is 38.1 Å². The van der Waals surface area contributed by atoms with Crippen molar-refractivity contribution in [1.29, 1.82) is 0 Å². The quantitative estimate of drug-likeness (QED) is 0.476. The maximum Gasteiger partial charge on any atom is 0.338 e. The molecule has 1 aromatic rings. The first-order valence-electron chi connectivity index (χ1n) is 6.88. The fraction of sp³-hybridized carbons (Fsp3) is 0.438. The number of benzene rings is 1. The molecule has 1 heterocycles. The Morgan fingerprint density at radius 1 is 1.29 bits per heavy atom. The van der Waals surface area contributed by atoms with Crippen LogP contribution in [0, 0.1) is 0 Å². The third kappa shape index (κ3) is 2.91. The first-order valence-corrected chi connectivity index (χ1v) is 8.00. The SMILES string of the molecule is CC1(C)O[C@H]2[C@@H](OC(=O)c3ccccc3)C=C(CBr)[C@H]2O1. The summed E-state index contributed by atoms with van der Waals surface area (Å²) in [7, 11) is 0. The Bertz CT molecular complexity index is 567. The second-order valence-electron chi connectivity index (χ2n) is 5.63. The van der Waals surface area contributed by atoms with E-state index >= 15 is 0 Å². The molecule has 0 saturated carbocycles. The Hall–Kier alpha value is -1.17. The number of alkyl halides is 1. The van der Waals surface area contributed by atoms with Crippen LogP contribution in [-0.4, -0.2) is 35.4 Å². The summed E-state index contributed by atoms with van der Waals surface area (Å²) in [5.41, 5.74) is 1.59. The molecule has 0 N–H and O–H groups in total. The van der Waals surface area contributed by atoms with Gasteiger partial charge in [0.05, 0.1) is 5.56 Å². The minimum absolute atomic E-state index is 0.159. The predicted octanol–water partition coefficient (Wildman–Crippen LogP) is 3.07. The summed E-state index contributed by atoms with van der Waals surface area (Å²) >= 11 is 3.44. The lowest BCUT2D eigenvalue weighted by Crippen LogP contribution is -2.33. The number of ether oxygens (including phenoxy) is 3. The number of hydrogen-bond donors (Lipinski definition) is 0. The van der Waals surface area contributed by atoms with Gasteiger partial charge in [0, 0.05) is 5.33 Å². The molecule has 0 aromatic heterocycles. The van der Waals surface area contributed by atoms with Gasteiger partial charge in [-0.25, -0.2) is 4.79 Å². The van der Waals surface area contributed by atoms with Gasteiger partial charge in [0.25, 0.3) is 0 Å². The van der Waals surface area contributed by atoms with Crippen molar-refractivity contribution in [3.05, 3.63) is 47.5 Å². The zero-order valence-corrected chi connectivity index (χ0v) is 13.5. The molecule has 0 unspecified atom stereocenters. The van der Waals surface area contributed by atoms with Gasteiger partial charge in [-0.2, -0.15) is 0 Å². The average Bonchev–Trinajstić information content (AvgIpc) is 2.94. The van der Waals surface area contributed by atoms with E-state index in [1.165, 1.54) is 0 Å². The molecule has 21 heavy (non-hydrogen) atoms. The summed E-state index contributed by atoms with van der Waals surface area (Å²) in [6.45, 7) is 3.74. The summed E-state index contributed by atoms with van der Waals surface area (Å²) in [6.07, 6.45) is 1.06. The molecule has 2 aliphatic rings. The van der Waals surface area contributed by atoms with Crippen LogP contribution in [0.5, 0.6) is 0 Å². The Morgan fingerprint density at radius 3 is 2.67 bits per heavy atom. The van der Waals surface area contributed by atoms with E-state index in [0.717, 1.165) is 5.57 Å². The summed E-state index contributed by atoms with van der Waals surface area (Å²) in [6, 6.07) is 8.96. The van der Waals surface area contributed by atoms with Crippen molar-refractivity contribution in [3.8, 4) is 0 Å². The van der Waals surface area contributed by atoms with Crippen molar-refractivity contribution in [3.63, 3.8) is 0 Å². The third-order valence-corrected chi connectivity index (χ3v) is 4.25. The van der Waals surface area contributed by atoms with E-state index in [0.29, 0.717) is 10.9 Å². The highest BCUT2D eigenvalue weighted by Crippen LogP contribution is 2.40. The van der Waals surface area contributed by atoms with Gasteiger partial charge in [0.15, 0.2) is 5.79 Å². The van der Waals surface area contributed by atoms with Gasteiger partial charge in [0.2, 0.25) is 0 Å². The smallest absolute Gasteiger partial charge is 0.338 e. The largest absolute Gasteiger partial charge is 0.452 e. The van der Waals surface area contributed by atoms with Gasteiger partial charge in [-0.15, -0.1) is 0 Å². The average molecular weight is 353 g/mol. The molecule has 112 valence electrons. The molecule has 3 atom stereocenters. The van der Waals surface area contributed by atoms with Crippen LogP contribution in [-0.2, 0) is 14.2 Å². The molecule has 5 heteroatoms. The number of halogens is 1. The molecule has 4 nitrogen and oxygen atoms in total. The Balaban J connectivity index is 1.76. The molecule has 1 aliphatic heterocycles. The Kier molecular flexibility index (Phi) is 3.90. The molecular weight excluding hydrogens is 336 g/mol. The lowest BCUT2D eigenvalue weighted by atomic mass is 10.1.